The van der Waals surface area contributed by atoms with E-state index in [1.54, 1.807) is 31.5 Å². The Morgan fingerprint density at radius 1 is 1.42 bits per heavy atom. The van der Waals surface area contributed by atoms with Crippen LogP contribution < -0.4 is 4.74 Å². The zero-order valence-corrected chi connectivity index (χ0v) is 12.4. The zero-order chi connectivity index (χ0) is 13.8. The number of aromatic carboxylic acids is 1. The molecule has 98 valence electrons. The van der Waals surface area contributed by atoms with Crippen LogP contribution in [0.25, 0.3) is 0 Å². The summed E-state index contributed by atoms with van der Waals surface area (Å²) in [6, 6.07) is 8.50. The number of halogens is 1. The minimum absolute atomic E-state index is 0.225. The van der Waals surface area contributed by atoms with Crippen molar-refractivity contribution in [2.75, 3.05) is 7.11 Å². The lowest BCUT2D eigenvalue weighted by molar-refractivity contribution is 0.0693. The lowest BCUT2D eigenvalue weighted by Crippen LogP contribution is -1.99. The van der Waals surface area contributed by atoms with E-state index < -0.39 is 5.97 Å². The van der Waals surface area contributed by atoms with Crippen molar-refractivity contribution < 1.29 is 14.6 Å². The predicted octanol–water partition coefficient (Wildman–Crippen LogP) is 3.70. The molecule has 0 bridgehead atoms. The highest BCUT2D eigenvalue weighted by Gasteiger charge is 2.14. The first-order valence-corrected chi connectivity index (χ1v) is 6.92. The monoisotopic (exact) mass is 339 g/mol. The molecule has 0 radical (unpaired) electrons. The number of hydrogen-bond donors (Lipinski definition) is 1. The maximum Gasteiger partial charge on any atom is 0.336 e. The Hall–Kier alpha value is -1.53. The maximum absolute atomic E-state index is 11.2. The second-order valence-electron chi connectivity index (χ2n) is 3.56. The van der Waals surface area contributed by atoms with Crippen molar-refractivity contribution in [3.8, 4) is 5.75 Å². The van der Waals surface area contributed by atoms with Crippen molar-refractivity contribution in [3.63, 3.8) is 0 Å². The molecule has 2 aromatic rings. The smallest absolute Gasteiger partial charge is 0.336 e. The van der Waals surface area contributed by atoms with Gasteiger partial charge in [-0.25, -0.2) is 9.78 Å². The molecular formula is C13H10BrNO3S. The van der Waals surface area contributed by atoms with Crippen LogP contribution >= 0.6 is 27.7 Å². The van der Waals surface area contributed by atoms with Gasteiger partial charge in [0.25, 0.3) is 0 Å². The van der Waals surface area contributed by atoms with E-state index in [9.17, 15) is 9.90 Å². The minimum Gasteiger partial charge on any atom is -0.497 e. The molecule has 1 heterocycles. The van der Waals surface area contributed by atoms with Crippen LogP contribution in [0.2, 0.25) is 0 Å². The summed E-state index contributed by atoms with van der Waals surface area (Å²) < 4.78 is 5.94. The Balaban J connectivity index is 2.43. The highest BCUT2D eigenvalue weighted by Crippen LogP contribution is 2.35. The molecule has 19 heavy (non-hydrogen) atoms. The van der Waals surface area contributed by atoms with Gasteiger partial charge < -0.3 is 9.84 Å². The van der Waals surface area contributed by atoms with Gasteiger partial charge in [-0.15, -0.1) is 0 Å². The van der Waals surface area contributed by atoms with E-state index in [0.717, 1.165) is 4.47 Å². The highest BCUT2D eigenvalue weighted by molar-refractivity contribution is 9.10. The number of carbonyl (C=O) groups is 1. The van der Waals surface area contributed by atoms with Gasteiger partial charge in [-0.05, 0) is 46.3 Å². The van der Waals surface area contributed by atoms with Crippen LogP contribution in [0.5, 0.6) is 5.75 Å². The molecule has 0 saturated carbocycles. The molecule has 0 atom stereocenters. The first kappa shape index (κ1) is 13.9. The Morgan fingerprint density at radius 2 is 2.21 bits per heavy atom. The Bertz CT molecular complexity index is 619. The average Bonchev–Trinajstić information content (AvgIpc) is 2.41. The summed E-state index contributed by atoms with van der Waals surface area (Å²) in [5.41, 5.74) is 0.225. The van der Waals surface area contributed by atoms with Gasteiger partial charge in [0.1, 0.15) is 10.8 Å². The fraction of sp³-hybridized carbons (Fsp3) is 0.0769. The number of ether oxygens (including phenoxy) is 1. The summed E-state index contributed by atoms with van der Waals surface area (Å²) in [5.74, 6) is -0.364. The molecule has 1 N–H and O–H groups in total. The van der Waals surface area contributed by atoms with Crippen molar-refractivity contribution in [3.05, 3.63) is 46.6 Å². The van der Waals surface area contributed by atoms with Crippen LogP contribution in [-0.4, -0.2) is 23.2 Å². The third-order valence-electron chi connectivity index (χ3n) is 2.35. The number of carboxylic acid groups (broad SMARTS) is 1. The van der Waals surface area contributed by atoms with Crippen LogP contribution in [0.15, 0.2) is 50.9 Å². The molecule has 1 aromatic carbocycles. The molecule has 0 aliphatic carbocycles. The van der Waals surface area contributed by atoms with Crippen LogP contribution in [0.3, 0.4) is 0 Å². The van der Waals surface area contributed by atoms with Gasteiger partial charge in [-0.1, -0.05) is 11.8 Å². The molecule has 0 fully saturated rings. The Morgan fingerprint density at radius 3 is 2.84 bits per heavy atom. The normalized spacial score (nSPS) is 10.2. The number of methoxy groups -OCH3 is 1. The summed E-state index contributed by atoms with van der Waals surface area (Å²) in [7, 11) is 1.54. The lowest BCUT2D eigenvalue weighted by Gasteiger charge is -2.08. The quantitative estimate of drug-likeness (QED) is 0.920. The first-order chi connectivity index (χ1) is 9.11. The molecule has 1 aromatic heterocycles. The second-order valence-corrected chi connectivity index (χ2v) is 5.44. The summed E-state index contributed by atoms with van der Waals surface area (Å²) in [6.45, 7) is 0. The predicted molar refractivity (Wildman–Crippen MR) is 76.0 cm³/mol. The fourth-order valence-electron chi connectivity index (χ4n) is 1.44. The molecule has 0 amide bonds. The number of aromatic nitrogens is 1. The summed E-state index contributed by atoms with van der Waals surface area (Å²) >= 11 is 4.67. The molecule has 2 rings (SSSR count). The molecule has 0 saturated heterocycles. The van der Waals surface area contributed by atoms with E-state index in [2.05, 4.69) is 20.9 Å². The van der Waals surface area contributed by atoms with Crippen molar-refractivity contribution in [2.24, 2.45) is 0 Å². The van der Waals surface area contributed by atoms with E-state index in [0.29, 0.717) is 15.7 Å². The van der Waals surface area contributed by atoms with Gasteiger partial charge in [0.15, 0.2) is 0 Å². The third-order valence-corrected chi connectivity index (χ3v) is 4.33. The van der Waals surface area contributed by atoms with Gasteiger partial charge in [-0.3, -0.25) is 0 Å². The van der Waals surface area contributed by atoms with Gasteiger partial charge in [0.2, 0.25) is 0 Å². The van der Waals surface area contributed by atoms with E-state index in [1.165, 1.54) is 17.8 Å². The number of benzene rings is 1. The number of rotatable bonds is 4. The third kappa shape index (κ3) is 3.27. The second kappa shape index (κ2) is 6.08. The first-order valence-electron chi connectivity index (χ1n) is 5.31. The zero-order valence-electron chi connectivity index (χ0n) is 9.96. The minimum atomic E-state index is -0.975. The number of pyridine rings is 1. The van der Waals surface area contributed by atoms with Crippen LogP contribution in [-0.2, 0) is 0 Å². The molecule has 0 spiro atoms. The van der Waals surface area contributed by atoms with Crippen LogP contribution in [0, 0.1) is 0 Å². The topological polar surface area (TPSA) is 59.4 Å². The van der Waals surface area contributed by atoms with Crippen molar-refractivity contribution in [1.82, 2.24) is 4.98 Å². The maximum atomic E-state index is 11.2. The van der Waals surface area contributed by atoms with Crippen LogP contribution in [0.1, 0.15) is 10.4 Å². The van der Waals surface area contributed by atoms with E-state index in [4.69, 9.17) is 4.74 Å². The fourth-order valence-corrected chi connectivity index (χ4v) is 2.87. The van der Waals surface area contributed by atoms with Gasteiger partial charge in [0, 0.05) is 11.1 Å². The average molecular weight is 340 g/mol. The largest absolute Gasteiger partial charge is 0.497 e. The van der Waals surface area contributed by atoms with E-state index in [1.807, 2.05) is 6.07 Å². The summed E-state index contributed by atoms with van der Waals surface area (Å²) in [4.78, 5) is 16.0. The Kier molecular flexibility index (Phi) is 4.44. The van der Waals surface area contributed by atoms with E-state index in [-0.39, 0.29) is 5.56 Å². The van der Waals surface area contributed by atoms with E-state index >= 15 is 0 Å². The summed E-state index contributed by atoms with van der Waals surface area (Å²) in [6.07, 6.45) is 1.66. The standard InChI is InChI=1S/C13H10BrNO3S/c1-18-8-4-5-9(13(16)17)11(7-8)19-12-10(14)3-2-6-15-12/h2-7H,1H3,(H,16,17). The van der Waals surface area contributed by atoms with Crippen molar-refractivity contribution in [2.45, 2.75) is 9.92 Å². The molecule has 0 aliphatic heterocycles. The number of nitrogens with zero attached hydrogens (tertiary/aromatic N) is 1. The van der Waals surface area contributed by atoms with Crippen molar-refractivity contribution in [1.29, 1.82) is 0 Å². The van der Waals surface area contributed by atoms with Crippen molar-refractivity contribution >= 4 is 33.7 Å². The molecule has 4 nitrogen and oxygen atoms in total. The highest BCUT2D eigenvalue weighted by atomic mass is 79.9. The van der Waals surface area contributed by atoms with Gasteiger partial charge in [0.05, 0.1) is 17.1 Å². The van der Waals surface area contributed by atoms with Crippen LogP contribution in [0.4, 0.5) is 0 Å². The number of hydrogen-bond acceptors (Lipinski definition) is 4. The number of carboxylic acids is 1. The molecule has 0 unspecified atom stereocenters. The lowest BCUT2D eigenvalue weighted by atomic mass is 10.2. The van der Waals surface area contributed by atoms with Gasteiger partial charge >= 0.3 is 5.97 Å². The molecule has 6 heteroatoms. The summed E-state index contributed by atoms with van der Waals surface area (Å²) in [5, 5.41) is 9.90. The Labute approximate surface area is 122 Å². The molecule has 0 aliphatic rings. The van der Waals surface area contributed by atoms with Gasteiger partial charge in [-0.2, -0.15) is 0 Å². The SMILES string of the molecule is COc1ccc(C(=O)O)c(Sc2ncccc2Br)c1. The molecular weight excluding hydrogens is 330 g/mol.